The minimum atomic E-state index is -0.279. The summed E-state index contributed by atoms with van der Waals surface area (Å²) in [6.07, 6.45) is 0. The summed E-state index contributed by atoms with van der Waals surface area (Å²) in [6, 6.07) is 11.3. The van der Waals surface area contributed by atoms with Gasteiger partial charge >= 0.3 is 0 Å². The monoisotopic (exact) mass is 258 g/mol. The van der Waals surface area contributed by atoms with Crippen molar-refractivity contribution in [2.24, 2.45) is 0 Å². The molecule has 0 radical (unpaired) electrons. The summed E-state index contributed by atoms with van der Waals surface area (Å²) in [6.45, 7) is 6.04. The van der Waals surface area contributed by atoms with Gasteiger partial charge in [-0.1, -0.05) is 26.0 Å². The zero-order valence-electron chi connectivity index (χ0n) is 11.5. The van der Waals surface area contributed by atoms with E-state index >= 15 is 0 Å². The van der Waals surface area contributed by atoms with Crippen LogP contribution in [0.2, 0.25) is 0 Å². The van der Waals surface area contributed by atoms with E-state index in [4.69, 9.17) is 5.73 Å². The van der Waals surface area contributed by atoms with E-state index < -0.39 is 0 Å². The molecule has 0 unspecified atom stereocenters. The van der Waals surface area contributed by atoms with Crippen LogP contribution in [-0.4, -0.2) is 0 Å². The summed E-state index contributed by atoms with van der Waals surface area (Å²) < 4.78 is 13.3. The molecule has 0 amide bonds. The second kappa shape index (κ2) is 5.31. The van der Waals surface area contributed by atoms with Gasteiger partial charge in [0.15, 0.2) is 0 Å². The van der Waals surface area contributed by atoms with Crippen LogP contribution in [0.4, 0.5) is 21.5 Å². The van der Waals surface area contributed by atoms with E-state index in [1.54, 1.807) is 13.0 Å². The smallest absolute Gasteiger partial charge is 0.128 e. The third-order valence-electron chi connectivity index (χ3n) is 3.19. The summed E-state index contributed by atoms with van der Waals surface area (Å²) in [5, 5.41) is 3.21. The average Bonchev–Trinajstić information content (AvgIpc) is 2.36. The maximum atomic E-state index is 13.3. The van der Waals surface area contributed by atoms with Crippen LogP contribution in [0, 0.1) is 12.7 Å². The van der Waals surface area contributed by atoms with Crippen molar-refractivity contribution < 1.29 is 4.39 Å². The summed E-state index contributed by atoms with van der Waals surface area (Å²) in [5.74, 6) is 0.227. The first kappa shape index (κ1) is 13.4. The summed E-state index contributed by atoms with van der Waals surface area (Å²) >= 11 is 0. The van der Waals surface area contributed by atoms with Gasteiger partial charge in [-0.25, -0.2) is 4.39 Å². The number of nitrogens with one attached hydrogen (secondary N) is 1. The maximum Gasteiger partial charge on any atom is 0.128 e. The standard InChI is InChI=1S/C16H19FN2/c1-10(2)12-4-6-13(7-5-12)19-16-8-11(3)14(17)9-15(16)18/h4-10,19H,18H2,1-3H3. The minimum Gasteiger partial charge on any atom is -0.397 e. The van der Waals surface area contributed by atoms with Crippen molar-refractivity contribution in [3.63, 3.8) is 0 Å². The van der Waals surface area contributed by atoms with Crippen molar-refractivity contribution in [3.8, 4) is 0 Å². The predicted molar refractivity (Wildman–Crippen MR) is 79.4 cm³/mol. The van der Waals surface area contributed by atoms with Crippen molar-refractivity contribution in [3.05, 3.63) is 53.3 Å². The third-order valence-corrected chi connectivity index (χ3v) is 3.19. The van der Waals surface area contributed by atoms with Gasteiger partial charge in [-0.15, -0.1) is 0 Å². The van der Waals surface area contributed by atoms with Crippen LogP contribution in [-0.2, 0) is 0 Å². The van der Waals surface area contributed by atoms with Gasteiger partial charge in [0, 0.05) is 5.69 Å². The number of hydrogen-bond acceptors (Lipinski definition) is 2. The van der Waals surface area contributed by atoms with E-state index in [9.17, 15) is 4.39 Å². The molecule has 0 aliphatic rings. The lowest BCUT2D eigenvalue weighted by atomic mass is 10.0. The molecule has 100 valence electrons. The highest BCUT2D eigenvalue weighted by molar-refractivity contribution is 5.73. The van der Waals surface area contributed by atoms with Crippen molar-refractivity contribution in [2.75, 3.05) is 11.1 Å². The van der Waals surface area contributed by atoms with Gasteiger partial charge in [-0.3, -0.25) is 0 Å². The summed E-state index contributed by atoms with van der Waals surface area (Å²) in [4.78, 5) is 0. The van der Waals surface area contributed by atoms with Crippen LogP contribution in [0.25, 0.3) is 0 Å². The van der Waals surface area contributed by atoms with Crippen molar-refractivity contribution in [1.29, 1.82) is 0 Å². The highest BCUT2D eigenvalue weighted by Gasteiger charge is 2.05. The fourth-order valence-electron chi connectivity index (χ4n) is 1.91. The molecule has 0 aliphatic carbocycles. The lowest BCUT2D eigenvalue weighted by molar-refractivity contribution is 0.619. The third kappa shape index (κ3) is 3.05. The van der Waals surface area contributed by atoms with Gasteiger partial charge in [0.05, 0.1) is 11.4 Å². The Bertz CT molecular complexity index is 574. The van der Waals surface area contributed by atoms with Crippen LogP contribution in [0.3, 0.4) is 0 Å². The highest BCUT2D eigenvalue weighted by Crippen LogP contribution is 2.27. The van der Waals surface area contributed by atoms with Crippen LogP contribution in [0.1, 0.15) is 30.9 Å². The molecule has 0 atom stereocenters. The Hall–Kier alpha value is -2.03. The number of nitrogen functional groups attached to an aromatic ring is 1. The zero-order chi connectivity index (χ0) is 14.0. The number of hydrogen-bond donors (Lipinski definition) is 2. The quantitative estimate of drug-likeness (QED) is 0.791. The molecule has 2 rings (SSSR count). The highest BCUT2D eigenvalue weighted by atomic mass is 19.1. The molecule has 3 heteroatoms. The van der Waals surface area contributed by atoms with Gasteiger partial charge in [0.2, 0.25) is 0 Å². The predicted octanol–water partition coefficient (Wildman–Crippen LogP) is 4.58. The normalized spacial score (nSPS) is 10.8. The number of rotatable bonds is 3. The number of benzene rings is 2. The Morgan fingerprint density at radius 2 is 1.74 bits per heavy atom. The van der Waals surface area contributed by atoms with E-state index in [-0.39, 0.29) is 5.82 Å². The van der Waals surface area contributed by atoms with Crippen LogP contribution in [0.15, 0.2) is 36.4 Å². The van der Waals surface area contributed by atoms with E-state index in [0.29, 0.717) is 17.2 Å². The first-order valence-electron chi connectivity index (χ1n) is 6.40. The van der Waals surface area contributed by atoms with Crippen LogP contribution >= 0.6 is 0 Å². The fourth-order valence-corrected chi connectivity index (χ4v) is 1.91. The Labute approximate surface area is 113 Å². The Morgan fingerprint density at radius 3 is 2.32 bits per heavy atom. The largest absolute Gasteiger partial charge is 0.397 e. The molecule has 2 nitrogen and oxygen atoms in total. The molecule has 2 aromatic rings. The lowest BCUT2D eigenvalue weighted by Crippen LogP contribution is -1.99. The summed E-state index contributed by atoms with van der Waals surface area (Å²) in [5.41, 5.74) is 9.77. The number of aryl methyl sites for hydroxylation is 1. The van der Waals surface area contributed by atoms with E-state index in [1.807, 2.05) is 12.1 Å². The molecule has 0 heterocycles. The zero-order valence-corrected chi connectivity index (χ0v) is 11.5. The number of halogens is 1. The molecule has 19 heavy (non-hydrogen) atoms. The van der Waals surface area contributed by atoms with Gasteiger partial charge in [0.1, 0.15) is 5.82 Å². The first-order chi connectivity index (χ1) is 8.97. The van der Waals surface area contributed by atoms with Gasteiger partial charge in [-0.05, 0) is 48.2 Å². The Morgan fingerprint density at radius 1 is 1.11 bits per heavy atom. The Balaban J connectivity index is 2.24. The molecule has 2 aromatic carbocycles. The number of nitrogens with two attached hydrogens (primary N) is 1. The fraction of sp³-hybridized carbons (Fsp3) is 0.250. The molecule has 0 fully saturated rings. The van der Waals surface area contributed by atoms with Gasteiger partial charge in [0.25, 0.3) is 0 Å². The average molecular weight is 258 g/mol. The SMILES string of the molecule is Cc1cc(Nc2ccc(C(C)C)cc2)c(N)cc1F. The maximum absolute atomic E-state index is 13.3. The molecule has 0 spiro atoms. The van der Waals surface area contributed by atoms with E-state index in [1.165, 1.54) is 11.6 Å². The van der Waals surface area contributed by atoms with Crippen LogP contribution in [0.5, 0.6) is 0 Å². The molecule has 0 aliphatic heterocycles. The van der Waals surface area contributed by atoms with Gasteiger partial charge in [-0.2, -0.15) is 0 Å². The lowest BCUT2D eigenvalue weighted by Gasteiger charge is -2.12. The van der Waals surface area contributed by atoms with Crippen molar-refractivity contribution >= 4 is 17.1 Å². The second-order valence-corrected chi connectivity index (χ2v) is 5.09. The van der Waals surface area contributed by atoms with E-state index in [2.05, 4.69) is 31.3 Å². The number of anilines is 3. The molecule has 0 aromatic heterocycles. The molecule has 3 N–H and O–H groups in total. The summed E-state index contributed by atoms with van der Waals surface area (Å²) in [7, 11) is 0. The molecule has 0 bridgehead atoms. The van der Waals surface area contributed by atoms with E-state index in [0.717, 1.165) is 11.4 Å². The molecular formula is C16H19FN2. The Kier molecular flexibility index (Phi) is 3.74. The topological polar surface area (TPSA) is 38.0 Å². The minimum absolute atomic E-state index is 0.279. The van der Waals surface area contributed by atoms with Gasteiger partial charge < -0.3 is 11.1 Å². The van der Waals surface area contributed by atoms with Crippen LogP contribution < -0.4 is 11.1 Å². The first-order valence-corrected chi connectivity index (χ1v) is 6.40. The molecule has 0 saturated heterocycles. The van der Waals surface area contributed by atoms with Crippen molar-refractivity contribution in [2.45, 2.75) is 26.7 Å². The second-order valence-electron chi connectivity index (χ2n) is 5.09. The van der Waals surface area contributed by atoms with Crippen molar-refractivity contribution in [1.82, 2.24) is 0 Å². The molecule has 0 saturated carbocycles. The molecular weight excluding hydrogens is 239 g/mol.